The van der Waals surface area contributed by atoms with Crippen molar-refractivity contribution < 1.29 is 23.9 Å². The van der Waals surface area contributed by atoms with E-state index in [0.29, 0.717) is 34.9 Å². The average Bonchev–Trinajstić information content (AvgIpc) is 2.87. The third-order valence-corrected chi connectivity index (χ3v) is 5.15. The van der Waals surface area contributed by atoms with E-state index >= 15 is 0 Å². The van der Waals surface area contributed by atoms with Gasteiger partial charge in [-0.15, -0.1) is 0 Å². The zero-order chi connectivity index (χ0) is 26.1. The molecular formula is C26H22ClN3O6. The van der Waals surface area contributed by atoms with Gasteiger partial charge in [0.15, 0.2) is 18.1 Å². The number of nitrogens with zero attached hydrogens (tertiary/aromatic N) is 2. The van der Waals surface area contributed by atoms with Crippen LogP contribution in [0.4, 0.5) is 11.4 Å². The fraction of sp³-hybridized carbons (Fsp3) is 0.154. The van der Waals surface area contributed by atoms with Gasteiger partial charge in [0.05, 0.1) is 35.3 Å². The molecule has 10 heteroatoms. The van der Waals surface area contributed by atoms with Gasteiger partial charge in [-0.3, -0.25) is 14.9 Å². The second-order valence-corrected chi connectivity index (χ2v) is 7.71. The van der Waals surface area contributed by atoms with Crippen molar-refractivity contribution in [3.05, 3.63) is 86.9 Å². The number of allylic oxidation sites excluding steroid dienone is 1. The fourth-order valence-corrected chi connectivity index (χ4v) is 3.47. The van der Waals surface area contributed by atoms with E-state index in [0.717, 1.165) is 0 Å². The lowest BCUT2D eigenvalue weighted by Gasteiger charge is -2.15. The highest BCUT2D eigenvalue weighted by atomic mass is 35.5. The SMILES string of the molecule is CCOc1cc(/C=C(\C#N)c2ccc([N+](=O)[O-])cc2)cc(Cl)c1OCC(=O)Nc1ccc(OC)cc1. The van der Waals surface area contributed by atoms with E-state index in [1.165, 1.54) is 24.3 Å². The van der Waals surface area contributed by atoms with Crippen LogP contribution >= 0.6 is 11.6 Å². The average molecular weight is 508 g/mol. The van der Waals surface area contributed by atoms with Crippen molar-refractivity contribution in [3.8, 4) is 23.3 Å². The number of carbonyl (C=O) groups excluding carboxylic acids is 1. The van der Waals surface area contributed by atoms with Crippen LogP contribution in [0.25, 0.3) is 11.6 Å². The second kappa shape index (κ2) is 12.2. The molecule has 1 N–H and O–H groups in total. The summed E-state index contributed by atoms with van der Waals surface area (Å²) < 4.78 is 16.4. The molecule has 0 aliphatic carbocycles. The molecule has 0 aliphatic heterocycles. The largest absolute Gasteiger partial charge is 0.497 e. The number of methoxy groups -OCH3 is 1. The van der Waals surface area contributed by atoms with Gasteiger partial charge in [0, 0.05) is 17.8 Å². The molecule has 0 bridgehead atoms. The number of halogens is 1. The van der Waals surface area contributed by atoms with Crippen LogP contribution in [0.15, 0.2) is 60.7 Å². The first kappa shape index (κ1) is 26.1. The maximum Gasteiger partial charge on any atom is 0.269 e. The van der Waals surface area contributed by atoms with Crippen molar-refractivity contribution in [2.24, 2.45) is 0 Å². The zero-order valence-corrected chi connectivity index (χ0v) is 20.2. The van der Waals surface area contributed by atoms with Crippen LogP contribution in [0.3, 0.4) is 0 Å². The molecule has 0 aliphatic rings. The summed E-state index contributed by atoms with van der Waals surface area (Å²) in [4.78, 5) is 22.7. The Hall–Kier alpha value is -4.55. The maximum absolute atomic E-state index is 12.4. The number of hydrogen-bond donors (Lipinski definition) is 1. The van der Waals surface area contributed by atoms with Crippen molar-refractivity contribution >= 4 is 40.5 Å². The molecule has 36 heavy (non-hydrogen) atoms. The highest BCUT2D eigenvalue weighted by molar-refractivity contribution is 6.32. The highest BCUT2D eigenvalue weighted by Gasteiger charge is 2.15. The monoisotopic (exact) mass is 507 g/mol. The summed E-state index contributed by atoms with van der Waals surface area (Å²) in [5.41, 5.74) is 1.84. The van der Waals surface area contributed by atoms with Gasteiger partial charge in [-0.2, -0.15) is 5.26 Å². The van der Waals surface area contributed by atoms with E-state index in [1.54, 1.807) is 56.5 Å². The summed E-state index contributed by atoms with van der Waals surface area (Å²) in [7, 11) is 1.55. The number of hydrogen-bond acceptors (Lipinski definition) is 7. The Bertz CT molecular complexity index is 1320. The van der Waals surface area contributed by atoms with Gasteiger partial charge in [-0.1, -0.05) is 11.6 Å². The molecule has 3 rings (SSSR count). The Morgan fingerprint density at radius 1 is 1.14 bits per heavy atom. The molecular weight excluding hydrogens is 486 g/mol. The Kier molecular flexibility index (Phi) is 8.86. The number of benzene rings is 3. The van der Waals surface area contributed by atoms with Crippen LogP contribution in [0, 0.1) is 21.4 Å². The van der Waals surface area contributed by atoms with Crippen molar-refractivity contribution in [2.45, 2.75) is 6.92 Å². The van der Waals surface area contributed by atoms with Gasteiger partial charge >= 0.3 is 0 Å². The standard InChI is InChI=1S/C26H22ClN3O6/c1-3-35-24-14-17(12-19(15-28)18-4-8-21(9-5-18)30(32)33)13-23(27)26(24)36-16-25(31)29-20-6-10-22(34-2)11-7-20/h4-14H,3,16H2,1-2H3,(H,29,31)/b19-12+. The lowest BCUT2D eigenvalue weighted by atomic mass is 10.0. The molecule has 3 aromatic carbocycles. The van der Waals surface area contributed by atoms with E-state index < -0.39 is 10.8 Å². The zero-order valence-electron chi connectivity index (χ0n) is 19.5. The molecule has 0 spiro atoms. The first-order valence-corrected chi connectivity index (χ1v) is 11.1. The quantitative estimate of drug-likeness (QED) is 0.161. The van der Waals surface area contributed by atoms with Gasteiger partial charge in [-0.05, 0) is 72.7 Å². The minimum Gasteiger partial charge on any atom is -0.497 e. The van der Waals surface area contributed by atoms with Crippen LogP contribution in [0.2, 0.25) is 5.02 Å². The van der Waals surface area contributed by atoms with E-state index in [-0.39, 0.29) is 28.6 Å². The van der Waals surface area contributed by atoms with Crippen LogP contribution < -0.4 is 19.5 Å². The molecule has 9 nitrogen and oxygen atoms in total. The number of nitro benzene ring substituents is 1. The van der Waals surface area contributed by atoms with Gasteiger partial charge in [0.2, 0.25) is 0 Å². The first-order chi connectivity index (χ1) is 17.3. The molecule has 0 atom stereocenters. The van der Waals surface area contributed by atoms with Crippen LogP contribution in [-0.2, 0) is 4.79 Å². The van der Waals surface area contributed by atoms with Gasteiger partial charge in [0.1, 0.15) is 5.75 Å². The summed E-state index contributed by atoms with van der Waals surface area (Å²) >= 11 is 6.44. The van der Waals surface area contributed by atoms with Crippen LogP contribution in [0.1, 0.15) is 18.1 Å². The molecule has 0 saturated carbocycles. The number of amides is 1. The Balaban J connectivity index is 1.79. The predicted octanol–water partition coefficient (Wildman–Crippen LogP) is 5.74. The van der Waals surface area contributed by atoms with Crippen LogP contribution in [-0.4, -0.2) is 31.2 Å². The first-order valence-electron chi connectivity index (χ1n) is 10.7. The van der Waals surface area contributed by atoms with Crippen LogP contribution in [0.5, 0.6) is 17.2 Å². The minimum atomic E-state index is -0.510. The number of nitrogens with one attached hydrogen (secondary N) is 1. The summed E-state index contributed by atoms with van der Waals surface area (Å²) in [6, 6.07) is 17.8. The number of nitro groups is 1. The van der Waals surface area contributed by atoms with E-state index in [1.807, 2.05) is 0 Å². The van der Waals surface area contributed by atoms with E-state index in [9.17, 15) is 20.2 Å². The van der Waals surface area contributed by atoms with Gasteiger partial charge in [0.25, 0.3) is 11.6 Å². The number of ether oxygens (including phenoxy) is 3. The van der Waals surface area contributed by atoms with E-state index in [4.69, 9.17) is 25.8 Å². The Morgan fingerprint density at radius 3 is 2.42 bits per heavy atom. The maximum atomic E-state index is 12.4. The topological polar surface area (TPSA) is 124 Å². The van der Waals surface area contributed by atoms with E-state index in [2.05, 4.69) is 11.4 Å². The summed E-state index contributed by atoms with van der Waals surface area (Å²) in [5.74, 6) is 0.760. The summed E-state index contributed by atoms with van der Waals surface area (Å²) in [6.07, 6.45) is 1.58. The lowest BCUT2D eigenvalue weighted by Crippen LogP contribution is -2.20. The second-order valence-electron chi connectivity index (χ2n) is 7.30. The normalized spacial score (nSPS) is 10.8. The number of rotatable bonds is 10. The number of nitriles is 1. The van der Waals surface area contributed by atoms with Crippen molar-refractivity contribution in [1.82, 2.24) is 0 Å². The third-order valence-electron chi connectivity index (χ3n) is 4.87. The van der Waals surface area contributed by atoms with Gasteiger partial charge < -0.3 is 19.5 Å². The molecule has 3 aromatic rings. The Morgan fingerprint density at radius 2 is 1.83 bits per heavy atom. The highest BCUT2D eigenvalue weighted by Crippen LogP contribution is 2.38. The molecule has 0 heterocycles. The van der Waals surface area contributed by atoms with Crippen molar-refractivity contribution in [2.75, 3.05) is 25.6 Å². The molecule has 0 fully saturated rings. The Labute approximate surface area is 212 Å². The molecule has 0 aromatic heterocycles. The molecule has 0 radical (unpaired) electrons. The van der Waals surface area contributed by atoms with Crippen molar-refractivity contribution in [3.63, 3.8) is 0 Å². The number of non-ortho nitro benzene ring substituents is 1. The number of anilines is 1. The fourth-order valence-electron chi connectivity index (χ4n) is 3.19. The summed E-state index contributed by atoms with van der Waals surface area (Å²) in [5, 5.41) is 23.4. The summed E-state index contributed by atoms with van der Waals surface area (Å²) in [6.45, 7) is 1.78. The van der Waals surface area contributed by atoms with Gasteiger partial charge in [-0.25, -0.2) is 0 Å². The minimum absolute atomic E-state index is 0.0738. The number of carbonyl (C=O) groups is 1. The third kappa shape index (κ3) is 6.74. The lowest BCUT2D eigenvalue weighted by molar-refractivity contribution is -0.384. The molecule has 0 saturated heterocycles. The predicted molar refractivity (Wildman–Crippen MR) is 136 cm³/mol. The molecule has 1 amide bonds. The smallest absolute Gasteiger partial charge is 0.269 e. The molecule has 0 unspecified atom stereocenters. The molecule has 184 valence electrons. The van der Waals surface area contributed by atoms with Crippen molar-refractivity contribution in [1.29, 1.82) is 5.26 Å².